The van der Waals surface area contributed by atoms with Gasteiger partial charge in [-0.2, -0.15) is 0 Å². The van der Waals surface area contributed by atoms with E-state index in [1.165, 1.54) is 18.2 Å². The number of benzene rings is 3. The van der Waals surface area contributed by atoms with Gasteiger partial charge in [0.2, 0.25) is 5.91 Å². The molecule has 4 rings (SSSR count). The summed E-state index contributed by atoms with van der Waals surface area (Å²) in [5.41, 5.74) is 1.10. The Bertz CT molecular complexity index is 1330. The van der Waals surface area contributed by atoms with Crippen LogP contribution in [0.2, 0.25) is 0 Å². The quantitative estimate of drug-likeness (QED) is 0.444. The molecule has 0 radical (unpaired) electrons. The Morgan fingerprint density at radius 2 is 1.71 bits per heavy atom. The maximum atomic E-state index is 13.7. The third-order valence-electron chi connectivity index (χ3n) is 4.86. The predicted molar refractivity (Wildman–Crippen MR) is 125 cm³/mol. The molecule has 3 amide bonds. The molecule has 0 spiro atoms. The Balaban J connectivity index is 1.40. The number of imide groups is 1. The van der Waals surface area contributed by atoms with Gasteiger partial charge in [0.25, 0.3) is 11.1 Å². The molecule has 1 N–H and O–H groups in total. The molecule has 0 aliphatic carbocycles. The second-order valence-electron chi connectivity index (χ2n) is 7.43. The van der Waals surface area contributed by atoms with Crippen LogP contribution in [0, 0.1) is 17.5 Å². The Morgan fingerprint density at radius 3 is 2.46 bits per heavy atom. The number of anilines is 1. The lowest BCUT2D eigenvalue weighted by Crippen LogP contribution is -2.36. The highest BCUT2D eigenvalue weighted by Crippen LogP contribution is 2.32. The van der Waals surface area contributed by atoms with Crippen LogP contribution in [0.5, 0.6) is 5.75 Å². The van der Waals surface area contributed by atoms with Gasteiger partial charge >= 0.3 is 0 Å². The molecule has 10 heteroatoms. The van der Waals surface area contributed by atoms with Gasteiger partial charge in [0.15, 0.2) is 0 Å². The lowest BCUT2D eigenvalue weighted by molar-refractivity contribution is -0.127. The molecule has 3 aromatic rings. The summed E-state index contributed by atoms with van der Waals surface area (Å²) in [7, 11) is 0. The summed E-state index contributed by atoms with van der Waals surface area (Å²) < 4.78 is 45.5. The molecule has 1 aliphatic heterocycles. The first-order valence-electron chi connectivity index (χ1n) is 10.3. The fourth-order valence-electron chi connectivity index (χ4n) is 3.15. The van der Waals surface area contributed by atoms with Gasteiger partial charge in [-0.05, 0) is 65.4 Å². The molecule has 1 fully saturated rings. The number of halogens is 3. The SMILES string of the molecule is O=C(CN1C(=O)S/C(=C/c2cccc(OCc3ccc(F)cc3)c2)C1=O)Nc1ccc(F)cc1F. The average Bonchev–Trinajstić information content (AvgIpc) is 3.08. The van der Waals surface area contributed by atoms with Gasteiger partial charge in [-0.25, -0.2) is 13.2 Å². The standard InChI is InChI=1S/C25H17F3N2O4S/c26-17-6-4-15(5-7-17)14-34-19-3-1-2-16(10-19)11-22-24(32)30(25(33)35-22)13-23(31)29-21-9-8-18(27)12-20(21)28/h1-12H,13-14H2,(H,29,31)/b22-11+. The second kappa shape index (κ2) is 10.5. The summed E-state index contributed by atoms with van der Waals surface area (Å²) in [4.78, 5) is 38.1. The maximum absolute atomic E-state index is 13.7. The fourth-order valence-corrected chi connectivity index (χ4v) is 3.99. The lowest BCUT2D eigenvalue weighted by atomic mass is 10.2. The summed E-state index contributed by atoms with van der Waals surface area (Å²) in [6, 6.07) is 15.3. The van der Waals surface area contributed by atoms with Crippen LogP contribution in [0.25, 0.3) is 6.08 Å². The average molecular weight is 498 g/mol. The minimum Gasteiger partial charge on any atom is -0.489 e. The first-order valence-corrected chi connectivity index (χ1v) is 11.1. The number of hydrogen-bond acceptors (Lipinski definition) is 5. The summed E-state index contributed by atoms with van der Waals surface area (Å²) in [6.07, 6.45) is 1.49. The van der Waals surface area contributed by atoms with E-state index in [1.807, 2.05) is 0 Å². The van der Waals surface area contributed by atoms with Crippen molar-refractivity contribution in [3.63, 3.8) is 0 Å². The zero-order valence-electron chi connectivity index (χ0n) is 18.0. The number of nitrogens with zero attached hydrogens (tertiary/aromatic N) is 1. The van der Waals surface area contributed by atoms with E-state index >= 15 is 0 Å². The van der Waals surface area contributed by atoms with Crippen LogP contribution in [0.4, 0.5) is 23.7 Å². The van der Waals surface area contributed by atoms with Gasteiger partial charge in [-0.15, -0.1) is 0 Å². The van der Waals surface area contributed by atoms with Crippen LogP contribution < -0.4 is 10.1 Å². The molecule has 0 unspecified atom stereocenters. The van der Waals surface area contributed by atoms with E-state index in [-0.39, 0.29) is 23.0 Å². The molecule has 0 atom stereocenters. The molecule has 35 heavy (non-hydrogen) atoms. The molecule has 0 aromatic heterocycles. The van der Waals surface area contributed by atoms with Gasteiger partial charge in [-0.3, -0.25) is 19.3 Å². The largest absolute Gasteiger partial charge is 0.489 e. The van der Waals surface area contributed by atoms with E-state index in [9.17, 15) is 27.6 Å². The summed E-state index contributed by atoms with van der Waals surface area (Å²) in [6.45, 7) is -0.413. The van der Waals surface area contributed by atoms with Crippen molar-refractivity contribution in [1.82, 2.24) is 4.90 Å². The predicted octanol–water partition coefficient (Wildman–Crippen LogP) is 5.36. The third-order valence-corrected chi connectivity index (χ3v) is 5.76. The van der Waals surface area contributed by atoms with Crippen molar-refractivity contribution in [2.24, 2.45) is 0 Å². The van der Waals surface area contributed by atoms with E-state index in [1.54, 1.807) is 36.4 Å². The molecule has 1 aliphatic rings. The first kappa shape index (κ1) is 24.1. The number of carbonyl (C=O) groups is 3. The topological polar surface area (TPSA) is 75.7 Å². The van der Waals surface area contributed by atoms with Crippen molar-refractivity contribution in [1.29, 1.82) is 0 Å². The van der Waals surface area contributed by atoms with E-state index in [4.69, 9.17) is 4.74 Å². The maximum Gasteiger partial charge on any atom is 0.294 e. The van der Waals surface area contributed by atoms with Crippen molar-refractivity contribution in [2.75, 3.05) is 11.9 Å². The number of hydrogen-bond donors (Lipinski definition) is 1. The van der Waals surface area contributed by atoms with Gasteiger partial charge in [-0.1, -0.05) is 24.3 Å². The molecule has 3 aromatic carbocycles. The second-order valence-corrected chi connectivity index (χ2v) is 8.42. The molecule has 178 valence electrons. The van der Waals surface area contributed by atoms with Crippen LogP contribution in [-0.2, 0) is 16.2 Å². The smallest absolute Gasteiger partial charge is 0.294 e. The zero-order valence-corrected chi connectivity index (χ0v) is 18.8. The van der Waals surface area contributed by atoms with Gasteiger partial charge in [0, 0.05) is 6.07 Å². The van der Waals surface area contributed by atoms with Crippen LogP contribution >= 0.6 is 11.8 Å². The minimum absolute atomic E-state index is 0.103. The Kier molecular flexibility index (Phi) is 7.21. The molecular weight excluding hydrogens is 481 g/mol. The number of nitrogens with one attached hydrogen (secondary N) is 1. The van der Waals surface area contributed by atoms with Crippen LogP contribution in [0.1, 0.15) is 11.1 Å². The normalized spacial score (nSPS) is 14.5. The number of amides is 3. The van der Waals surface area contributed by atoms with Crippen molar-refractivity contribution in [3.05, 3.63) is 100 Å². The molecule has 1 heterocycles. The van der Waals surface area contributed by atoms with Gasteiger partial charge < -0.3 is 10.1 Å². The number of thioether (sulfide) groups is 1. The monoisotopic (exact) mass is 498 g/mol. The van der Waals surface area contributed by atoms with E-state index in [2.05, 4.69) is 5.32 Å². The highest BCUT2D eigenvalue weighted by molar-refractivity contribution is 8.18. The van der Waals surface area contributed by atoms with Crippen LogP contribution in [-0.4, -0.2) is 28.5 Å². The van der Waals surface area contributed by atoms with Gasteiger partial charge in [0.1, 0.15) is 36.4 Å². The van der Waals surface area contributed by atoms with E-state index in [0.717, 1.165) is 22.6 Å². The molecule has 0 bridgehead atoms. The van der Waals surface area contributed by atoms with Crippen LogP contribution in [0.15, 0.2) is 71.6 Å². The summed E-state index contributed by atoms with van der Waals surface area (Å²) >= 11 is 0.666. The van der Waals surface area contributed by atoms with Crippen molar-refractivity contribution in [2.45, 2.75) is 6.61 Å². The minimum atomic E-state index is -0.978. The van der Waals surface area contributed by atoms with E-state index < -0.39 is 35.2 Å². The Hall–Kier alpha value is -4.05. The molecule has 1 saturated heterocycles. The number of carbonyl (C=O) groups excluding carboxylic acids is 3. The lowest BCUT2D eigenvalue weighted by Gasteiger charge is -2.12. The highest BCUT2D eigenvalue weighted by atomic mass is 32.2. The first-order chi connectivity index (χ1) is 16.8. The fraction of sp³-hybridized carbons (Fsp3) is 0.0800. The third kappa shape index (κ3) is 6.10. The number of ether oxygens (including phenoxy) is 1. The van der Waals surface area contributed by atoms with Crippen molar-refractivity contribution >= 4 is 40.6 Å². The Labute approximate surface area is 202 Å². The Morgan fingerprint density at radius 1 is 0.971 bits per heavy atom. The van der Waals surface area contributed by atoms with Crippen molar-refractivity contribution in [3.8, 4) is 5.75 Å². The number of rotatable bonds is 7. The highest BCUT2D eigenvalue weighted by Gasteiger charge is 2.36. The molecule has 6 nitrogen and oxygen atoms in total. The van der Waals surface area contributed by atoms with Gasteiger partial charge in [0.05, 0.1) is 10.6 Å². The zero-order chi connectivity index (χ0) is 24.9. The summed E-state index contributed by atoms with van der Waals surface area (Å²) in [5.74, 6) is -3.11. The van der Waals surface area contributed by atoms with Crippen molar-refractivity contribution < 1.29 is 32.3 Å². The molecule has 0 saturated carbocycles. The van der Waals surface area contributed by atoms with E-state index in [0.29, 0.717) is 29.1 Å². The van der Waals surface area contributed by atoms with Crippen LogP contribution in [0.3, 0.4) is 0 Å². The molecular formula is C25H17F3N2O4S. The summed E-state index contributed by atoms with van der Waals surface area (Å²) in [5, 5.41) is 1.56.